The molecule has 2 amide bonds. The van der Waals surface area contributed by atoms with Crippen molar-refractivity contribution in [1.29, 1.82) is 0 Å². The first-order valence-electron chi connectivity index (χ1n) is 15.0. The number of hydrogen-bond donors (Lipinski definition) is 1. The predicted octanol–water partition coefficient (Wildman–Crippen LogP) is 4.07. The fourth-order valence-electron chi connectivity index (χ4n) is 6.38. The smallest absolute Gasteiger partial charge is 0.369 e. The van der Waals surface area contributed by atoms with Crippen molar-refractivity contribution < 1.29 is 31.2 Å². The molecule has 244 valence electrons. The summed E-state index contributed by atoms with van der Waals surface area (Å²) in [5.74, 6) is 0.0256. The lowest BCUT2D eigenvalue weighted by Gasteiger charge is -2.45. The molecule has 0 radical (unpaired) electrons. The molecule has 3 fully saturated rings. The van der Waals surface area contributed by atoms with Gasteiger partial charge in [-0.15, -0.1) is 5.10 Å². The third kappa shape index (κ3) is 7.54. The zero-order valence-electron chi connectivity index (χ0n) is 25.7. The first-order chi connectivity index (χ1) is 20.7. The Morgan fingerprint density at radius 1 is 0.977 bits per heavy atom. The van der Waals surface area contributed by atoms with Crippen molar-refractivity contribution in [1.82, 2.24) is 23.9 Å². The molecule has 15 heteroatoms. The van der Waals surface area contributed by atoms with E-state index >= 15 is 0 Å². The number of anilines is 2. The van der Waals surface area contributed by atoms with Gasteiger partial charge in [0.05, 0.1) is 11.8 Å². The second-order valence-corrected chi connectivity index (χ2v) is 13.3. The van der Waals surface area contributed by atoms with Crippen LogP contribution in [0.15, 0.2) is 30.5 Å². The van der Waals surface area contributed by atoms with E-state index in [9.17, 15) is 31.2 Å². The molecule has 1 N–H and O–H groups in total. The molecule has 0 atom stereocenters. The summed E-state index contributed by atoms with van der Waals surface area (Å²) in [6.07, 6.45) is 1.50. The van der Waals surface area contributed by atoms with E-state index in [-0.39, 0.29) is 30.6 Å². The minimum absolute atomic E-state index is 0.169. The van der Waals surface area contributed by atoms with E-state index in [1.54, 1.807) is 17.0 Å². The largest absolute Gasteiger partial charge is 0.416 e. The summed E-state index contributed by atoms with van der Waals surface area (Å²) in [4.78, 5) is 30.3. The van der Waals surface area contributed by atoms with Crippen molar-refractivity contribution in [2.45, 2.75) is 64.7 Å². The summed E-state index contributed by atoms with van der Waals surface area (Å²) >= 11 is 0. The Balaban J connectivity index is 0.00000216. The van der Waals surface area contributed by atoms with E-state index in [0.717, 1.165) is 50.1 Å². The minimum atomic E-state index is -4.49. The van der Waals surface area contributed by atoms with Crippen LogP contribution < -0.4 is 10.2 Å². The average molecular weight is 642 g/mol. The van der Waals surface area contributed by atoms with Gasteiger partial charge in [-0.05, 0) is 49.9 Å². The maximum absolute atomic E-state index is 13.7. The van der Waals surface area contributed by atoms with Gasteiger partial charge in [-0.25, -0.2) is 13.2 Å². The second-order valence-electron chi connectivity index (χ2n) is 11.3. The van der Waals surface area contributed by atoms with Crippen molar-refractivity contribution in [3.8, 4) is 0 Å². The summed E-state index contributed by atoms with van der Waals surface area (Å²) in [7, 11) is -3.37. The maximum Gasteiger partial charge on any atom is 0.416 e. The molecule has 1 aromatic heterocycles. The number of rotatable bonds is 5. The topological polar surface area (TPSA) is 111 Å². The van der Waals surface area contributed by atoms with Gasteiger partial charge in [-0.1, -0.05) is 19.9 Å². The van der Waals surface area contributed by atoms with Crippen molar-refractivity contribution in [3.05, 3.63) is 41.6 Å². The van der Waals surface area contributed by atoms with Crippen molar-refractivity contribution >= 4 is 33.5 Å². The summed E-state index contributed by atoms with van der Waals surface area (Å²) in [5.41, 5.74) is 0.367. The zero-order valence-corrected chi connectivity index (χ0v) is 26.5. The lowest BCUT2D eigenvalue weighted by Crippen LogP contribution is -2.53. The highest BCUT2D eigenvalue weighted by Crippen LogP contribution is 2.41. The van der Waals surface area contributed by atoms with Gasteiger partial charge in [0.25, 0.3) is 0 Å². The van der Waals surface area contributed by atoms with Gasteiger partial charge in [0.2, 0.25) is 15.9 Å². The van der Waals surface area contributed by atoms with E-state index < -0.39 is 21.8 Å². The van der Waals surface area contributed by atoms with Crippen LogP contribution in [0.25, 0.3) is 0 Å². The third-order valence-electron chi connectivity index (χ3n) is 8.62. The highest BCUT2D eigenvalue weighted by Gasteiger charge is 2.44. The summed E-state index contributed by atoms with van der Waals surface area (Å²) in [6.45, 7) is 8.70. The molecule has 3 aliphatic heterocycles. The minimum Gasteiger partial charge on any atom is -0.369 e. The average Bonchev–Trinajstić information content (AvgIpc) is 3.60. The monoisotopic (exact) mass is 641 g/mol. The number of benzene rings is 1. The number of carbonyl (C=O) groups excluding carboxylic acids is 2. The Kier molecular flexibility index (Phi) is 10.3. The van der Waals surface area contributed by atoms with Gasteiger partial charge >= 0.3 is 12.2 Å². The first kappa shape index (κ1) is 33.7. The molecule has 0 aliphatic carbocycles. The molecule has 44 heavy (non-hydrogen) atoms. The molecule has 5 rings (SSSR count). The number of amides is 2. The summed E-state index contributed by atoms with van der Waals surface area (Å²) in [6, 6.07) is 5.15. The zero-order chi connectivity index (χ0) is 32.3. The van der Waals surface area contributed by atoms with E-state index in [4.69, 9.17) is 0 Å². The highest BCUT2D eigenvalue weighted by atomic mass is 32.2. The van der Waals surface area contributed by atoms with Gasteiger partial charge in [-0.3, -0.25) is 9.69 Å². The number of halogens is 3. The van der Waals surface area contributed by atoms with Gasteiger partial charge < -0.3 is 15.1 Å². The van der Waals surface area contributed by atoms with Gasteiger partial charge in [0.1, 0.15) is 0 Å². The van der Waals surface area contributed by atoms with Crippen LogP contribution in [-0.4, -0.2) is 102 Å². The van der Waals surface area contributed by atoms with Crippen molar-refractivity contribution in [2.75, 3.05) is 62.3 Å². The van der Waals surface area contributed by atoms with Gasteiger partial charge in [-0.2, -0.15) is 22.2 Å². The Labute approximate surface area is 257 Å². The van der Waals surface area contributed by atoms with E-state index in [0.29, 0.717) is 44.2 Å². The number of nitrogens with one attached hydrogen (secondary N) is 1. The van der Waals surface area contributed by atoms with Crippen molar-refractivity contribution in [2.24, 2.45) is 0 Å². The predicted molar refractivity (Wildman–Crippen MR) is 162 cm³/mol. The molecule has 0 bridgehead atoms. The number of likely N-dealkylation sites (tertiary alicyclic amines) is 2. The third-order valence-corrected chi connectivity index (χ3v) is 9.92. The van der Waals surface area contributed by atoms with Crippen LogP contribution in [0.1, 0.15) is 57.6 Å². The van der Waals surface area contributed by atoms with Crippen LogP contribution in [0.5, 0.6) is 0 Å². The lowest BCUT2D eigenvalue weighted by molar-refractivity contribution is -0.137. The number of hydrogen-bond acceptors (Lipinski definition) is 7. The fraction of sp³-hybridized carbons (Fsp3) is 0.621. The Morgan fingerprint density at radius 2 is 1.64 bits per heavy atom. The molecule has 2 aromatic rings. The highest BCUT2D eigenvalue weighted by molar-refractivity contribution is 7.88. The molecule has 4 heterocycles. The Hall–Kier alpha value is -3.17. The van der Waals surface area contributed by atoms with Crippen molar-refractivity contribution in [3.63, 3.8) is 0 Å². The van der Waals surface area contributed by atoms with Crippen LogP contribution in [0.4, 0.5) is 29.5 Å². The number of aromatic nitrogens is 2. The standard InChI is InChI=1S/C27H36F3N7O4S.C2H6/c1-20(38)31-24-6-11-37(32-24)25(39)34-12-8-26(9-13-34)7-3-10-35(26)19-21-4-5-22(27(28,29)30)18-23(21)33-14-16-36(17-15-33)42(2,40)41;1-2/h4-6,11,18H,3,7-10,12-17,19H2,1-2H3,(H,31,32,38);1-2H3. The van der Waals surface area contributed by atoms with Crippen LogP contribution >= 0.6 is 0 Å². The first-order valence-corrected chi connectivity index (χ1v) is 16.9. The second kappa shape index (κ2) is 13.4. The molecule has 3 aliphatic rings. The quantitative estimate of drug-likeness (QED) is 0.524. The SMILES string of the molecule is CC.CC(=O)Nc1ccn(C(=O)N2CCC3(CCCN3Cc3ccc(C(F)(F)F)cc3N3CCN(S(C)(=O)=O)CC3)CC2)n1. The fourth-order valence-corrected chi connectivity index (χ4v) is 7.20. The molecule has 1 aromatic carbocycles. The Morgan fingerprint density at radius 3 is 2.23 bits per heavy atom. The number of piperazine rings is 1. The van der Waals surface area contributed by atoms with E-state index in [1.807, 2.05) is 18.7 Å². The van der Waals surface area contributed by atoms with Crippen LogP contribution in [0.2, 0.25) is 0 Å². The molecular formula is C29H42F3N7O4S. The summed E-state index contributed by atoms with van der Waals surface area (Å²) in [5, 5.41) is 6.70. The molecule has 1 spiro atoms. The number of piperidine rings is 1. The Bertz CT molecular complexity index is 1430. The van der Waals surface area contributed by atoms with E-state index in [1.165, 1.54) is 28.2 Å². The van der Waals surface area contributed by atoms with Gasteiger partial charge in [0.15, 0.2) is 5.82 Å². The molecule has 0 saturated carbocycles. The maximum atomic E-state index is 13.7. The van der Waals surface area contributed by atoms with Crippen LogP contribution in [-0.2, 0) is 27.5 Å². The van der Waals surface area contributed by atoms with Crippen LogP contribution in [0.3, 0.4) is 0 Å². The molecule has 3 saturated heterocycles. The summed E-state index contributed by atoms with van der Waals surface area (Å²) < 4.78 is 67.6. The van der Waals surface area contributed by atoms with E-state index in [2.05, 4.69) is 15.3 Å². The van der Waals surface area contributed by atoms with Crippen LogP contribution in [0, 0.1) is 0 Å². The number of carbonyl (C=O) groups is 2. The van der Waals surface area contributed by atoms with Gasteiger partial charge in [0, 0.05) is 76.2 Å². The number of alkyl halides is 3. The molecule has 0 unspecified atom stereocenters. The molecule has 11 nitrogen and oxygen atoms in total. The molecular weight excluding hydrogens is 599 g/mol. The lowest BCUT2D eigenvalue weighted by atomic mass is 9.84. The normalized spacial score (nSPS) is 19.5. The number of sulfonamides is 1. The number of nitrogens with zero attached hydrogens (tertiary/aromatic N) is 6.